The Kier molecular flexibility index (Phi) is 6.69. The molecule has 0 aromatic heterocycles. The molecule has 20 heavy (non-hydrogen) atoms. The average Bonchev–Trinajstić information content (AvgIpc) is 2.50. The molecule has 2 rings (SSSR count). The minimum Gasteiger partial charge on any atom is -0.271 e. The molecule has 0 aliphatic heterocycles. The average molecular weight is 313 g/mol. The molecule has 1 aromatic carbocycles. The fourth-order valence-electron chi connectivity index (χ4n) is 3.06. The monoisotopic (exact) mass is 312 g/mol. The van der Waals surface area contributed by atoms with Crippen LogP contribution in [0, 0.1) is 11.8 Å². The summed E-state index contributed by atoms with van der Waals surface area (Å²) in [6.07, 6.45) is 6.64. The van der Waals surface area contributed by atoms with E-state index in [1.54, 1.807) is 11.8 Å². The maximum absolute atomic E-state index is 6.20. The summed E-state index contributed by atoms with van der Waals surface area (Å²) in [6, 6.07) is 8.41. The Morgan fingerprint density at radius 1 is 1.30 bits per heavy atom. The zero-order valence-corrected chi connectivity index (χ0v) is 13.7. The van der Waals surface area contributed by atoms with Gasteiger partial charge in [-0.25, -0.2) is 0 Å². The van der Waals surface area contributed by atoms with Gasteiger partial charge in [-0.05, 0) is 36.8 Å². The van der Waals surface area contributed by atoms with Gasteiger partial charge in [0.15, 0.2) is 0 Å². The largest absolute Gasteiger partial charge is 0.271 e. The molecule has 0 bridgehead atoms. The van der Waals surface area contributed by atoms with Crippen LogP contribution >= 0.6 is 23.4 Å². The summed E-state index contributed by atoms with van der Waals surface area (Å²) in [5.41, 5.74) is 3.03. The van der Waals surface area contributed by atoms with Gasteiger partial charge in [0, 0.05) is 16.7 Å². The highest BCUT2D eigenvalue weighted by Gasteiger charge is 2.26. The number of thioether (sulfide) groups is 1. The highest BCUT2D eigenvalue weighted by atomic mass is 35.5. The van der Waals surface area contributed by atoms with Crippen LogP contribution in [0.15, 0.2) is 29.2 Å². The zero-order valence-electron chi connectivity index (χ0n) is 12.1. The molecule has 112 valence electrons. The Labute approximate surface area is 131 Å². The van der Waals surface area contributed by atoms with E-state index < -0.39 is 0 Å². The van der Waals surface area contributed by atoms with E-state index in [4.69, 9.17) is 17.4 Å². The van der Waals surface area contributed by atoms with Crippen molar-refractivity contribution in [2.75, 3.05) is 5.75 Å². The molecule has 1 fully saturated rings. The van der Waals surface area contributed by atoms with E-state index in [-0.39, 0.29) is 0 Å². The lowest BCUT2D eigenvalue weighted by Crippen LogP contribution is -2.44. The van der Waals surface area contributed by atoms with Crippen molar-refractivity contribution in [1.82, 2.24) is 5.43 Å². The molecule has 0 spiro atoms. The third kappa shape index (κ3) is 4.39. The van der Waals surface area contributed by atoms with Crippen LogP contribution in [0.4, 0.5) is 0 Å². The minimum atomic E-state index is 0.383. The molecular formula is C16H25ClN2S. The van der Waals surface area contributed by atoms with E-state index in [9.17, 15) is 0 Å². The summed E-state index contributed by atoms with van der Waals surface area (Å²) in [7, 11) is 0. The third-order valence-electron chi connectivity index (χ3n) is 4.51. The SMILES string of the molecule is CCC1CCC(C(CSc2ccccc2Cl)NN)CC1. The van der Waals surface area contributed by atoms with E-state index in [0.717, 1.165) is 21.6 Å². The number of nitrogens with two attached hydrogens (primary N) is 1. The van der Waals surface area contributed by atoms with E-state index in [0.29, 0.717) is 12.0 Å². The summed E-state index contributed by atoms with van der Waals surface area (Å²) in [6.45, 7) is 2.30. The normalized spacial score (nSPS) is 24.6. The molecule has 0 heterocycles. The second-order valence-corrected chi connectivity index (χ2v) is 7.17. The molecule has 0 radical (unpaired) electrons. The molecule has 0 saturated heterocycles. The highest BCUT2D eigenvalue weighted by molar-refractivity contribution is 7.99. The van der Waals surface area contributed by atoms with Crippen LogP contribution < -0.4 is 11.3 Å². The van der Waals surface area contributed by atoms with Crippen LogP contribution in [-0.2, 0) is 0 Å². The van der Waals surface area contributed by atoms with Gasteiger partial charge in [-0.15, -0.1) is 11.8 Å². The first-order chi connectivity index (χ1) is 9.74. The van der Waals surface area contributed by atoms with Crippen molar-refractivity contribution >= 4 is 23.4 Å². The Morgan fingerprint density at radius 3 is 2.60 bits per heavy atom. The molecule has 1 aliphatic carbocycles. The maximum atomic E-state index is 6.20. The van der Waals surface area contributed by atoms with Gasteiger partial charge >= 0.3 is 0 Å². The lowest BCUT2D eigenvalue weighted by molar-refractivity contribution is 0.228. The quantitative estimate of drug-likeness (QED) is 0.462. The van der Waals surface area contributed by atoms with Gasteiger partial charge in [0.05, 0.1) is 5.02 Å². The summed E-state index contributed by atoms with van der Waals surface area (Å²) in [4.78, 5) is 1.15. The van der Waals surface area contributed by atoms with Crippen molar-refractivity contribution in [2.24, 2.45) is 17.7 Å². The summed E-state index contributed by atoms with van der Waals surface area (Å²) >= 11 is 8.01. The van der Waals surface area contributed by atoms with Crippen LogP contribution in [0.3, 0.4) is 0 Å². The summed E-state index contributed by atoms with van der Waals surface area (Å²) < 4.78 is 0. The van der Waals surface area contributed by atoms with E-state index in [1.807, 2.05) is 18.2 Å². The van der Waals surface area contributed by atoms with E-state index in [1.165, 1.54) is 32.1 Å². The molecule has 4 heteroatoms. The summed E-state index contributed by atoms with van der Waals surface area (Å²) in [5, 5.41) is 0.836. The van der Waals surface area contributed by atoms with Crippen molar-refractivity contribution < 1.29 is 0 Å². The second-order valence-electron chi connectivity index (χ2n) is 5.70. The summed E-state index contributed by atoms with van der Waals surface area (Å²) in [5.74, 6) is 8.40. The number of hydrazine groups is 1. The Bertz CT molecular complexity index is 405. The molecule has 1 saturated carbocycles. The van der Waals surface area contributed by atoms with Gasteiger partial charge in [0.1, 0.15) is 0 Å². The molecule has 0 amide bonds. The number of nitrogens with one attached hydrogen (secondary N) is 1. The first-order valence-corrected chi connectivity index (χ1v) is 8.94. The predicted molar refractivity (Wildman–Crippen MR) is 89.0 cm³/mol. The molecule has 1 atom stereocenters. The van der Waals surface area contributed by atoms with Gasteiger partial charge in [-0.3, -0.25) is 11.3 Å². The Morgan fingerprint density at radius 2 is 2.00 bits per heavy atom. The molecule has 1 aromatic rings. The topological polar surface area (TPSA) is 38.0 Å². The maximum Gasteiger partial charge on any atom is 0.0541 e. The van der Waals surface area contributed by atoms with Crippen LogP contribution in [-0.4, -0.2) is 11.8 Å². The predicted octanol–water partition coefficient (Wildman–Crippen LogP) is 4.48. The standard InChI is InChI=1S/C16H25ClN2S/c1-2-12-7-9-13(10-8-12)15(19-18)11-20-16-6-4-3-5-14(16)17/h3-6,12-13,15,19H,2,7-11,18H2,1H3. The molecule has 1 unspecified atom stereocenters. The molecule has 1 aliphatic rings. The van der Waals surface area contributed by atoms with Crippen molar-refractivity contribution in [2.45, 2.75) is 50.0 Å². The van der Waals surface area contributed by atoms with Gasteiger partial charge < -0.3 is 0 Å². The number of hydrogen-bond acceptors (Lipinski definition) is 3. The lowest BCUT2D eigenvalue weighted by Gasteiger charge is -2.33. The Hall–Kier alpha value is -0.220. The first-order valence-electron chi connectivity index (χ1n) is 7.58. The lowest BCUT2D eigenvalue weighted by atomic mass is 9.78. The third-order valence-corrected chi connectivity index (χ3v) is 6.14. The van der Waals surface area contributed by atoms with Crippen LogP contribution in [0.25, 0.3) is 0 Å². The van der Waals surface area contributed by atoms with E-state index in [2.05, 4.69) is 18.4 Å². The molecule has 3 N–H and O–H groups in total. The van der Waals surface area contributed by atoms with E-state index >= 15 is 0 Å². The molecular weight excluding hydrogens is 288 g/mol. The van der Waals surface area contributed by atoms with Crippen LogP contribution in [0.5, 0.6) is 0 Å². The van der Waals surface area contributed by atoms with Crippen LogP contribution in [0.1, 0.15) is 39.0 Å². The number of benzene rings is 1. The molecule has 2 nitrogen and oxygen atoms in total. The van der Waals surface area contributed by atoms with Crippen molar-refractivity contribution in [3.05, 3.63) is 29.3 Å². The van der Waals surface area contributed by atoms with Crippen LogP contribution in [0.2, 0.25) is 5.02 Å². The fraction of sp³-hybridized carbons (Fsp3) is 0.625. The number of halogens is 1. The fourth-order valence-corrected chi connectivity index (χ4v) is 4.47. The van der Waals surface area contributed by atoms with Crippen molar-refractivity contribution in [3.63, 3.8) is 0 Å². The highest BCUT2D eigenvalue weighted by Crippen LogP contribution is 2.35. The first kappa shape index (κ1) is 16.2. The number of hydrogen-bond donors (Lipinski definition) is 2. The van der Waals surface area contributed by atoms with Crippen molar-refractivity contribution in [1.29, 1.82) is 0 Å². The smallest absolute Gasteiger partial charge is 0.0541 e. The van der Waals surface area contributed by atoms with Gasteiger partial charge in [-0.2, -0.15) is 0 Å². The zero-order chi connectivity index (χ0) is 14.4. The minimum absolute atomic E-state index is 0.383. The Balaban J connectivity index is 1.85. The van der Waals surface area contributed by atoms with Gasteiger partial charge in [0.2, 0.25) is 0 Å². The van der Waals surface area contributed by atoms with Gasteiger partial charge in [-0.1, -0.05) is 49.9 Å². The van der Waals surface area contributed by atoms with Crippen molar-refractivity contribution in [3.8, 4) is 0 Å². The van der Waals surface area contributed by atoms with Gasteiger partial charge in [0.25, 0.3) is 0 Å². The number of rotatable bonds is 6. The second kappa shape index (κ2) is 8.28.